The van der Waals surface area contributed by atoms with E-state index in [0.717, 1.165) is 0 Å². The lowest BCUT2D eigenvalue weighted by molar-refractivity contribution is -0.385. The maximum Gasteiger partial charge on any atom is 0.372 e. The van der Waals surface area contributed by atoms with Gasteiger partial charge in [-0.05, 0) is 6.42 Å². The summed E-state index contributed by atoms with van der Waals surface area (Å²) in [4.78, 5) is 18.1. The highest BCUT2D eigenvalue weighted by atomic mass is 16.6. The second-order valence-electron chi connectivity index (χ2n) is 5.11. The predicted octanol–water partition coefficient (Wildman–Crippen LogP) is 0.965. The fourth-order valence-electron chi connectivity index (χ4n) is 2.09. The van der Waals surface area contributed by atoms with Crippen molar-refractivity contribution in [2.45, 2.75) is 32.4 Å². The second kappa shape index (κ2) is 4.61. The molecule has 0 aromatic carbocycles. The lowest BCUT2D eigenvalue weighted by Gasteiger charge is -2.49. The smallest absolute Gasteiger partial charge is 0.372 e. The Balaban J connectivity index is 2.29. The molecule has 0 amide bonds. The van der Waals surface area contributed by atoms with Crippen molar-refractivity contribution < 1.29 is 14.8 Å². The van der Waals surface area contributed by atoms with Gasteiger partial charge in [0.1, 0.15) is 6.33 Å². The molecule has 2 atom stereocenters. The first kappa shape index (κ1) is 13.5. The summed E-state index contributed by atoms with van der Waals surface area (Å²) in [7, 11) is 1.32. The first-order valence-corrected chi connectivity index (χ1v) is 5.86. The van der Waals surface area contributed by atoms with Gasteiger partial charge in [0.25, 0.3) is 5.88 Å². The molecule has 8 heteroatoms. The minimum atomic E-state index is -0.580. The normalized spacial score (nSPS) is 24.4. The third kappa shape index (κ3) is 2.19. The van der Waals surface area contributed by atoms with Crippen LogP contribution in [0.4, 0.5) is 11.5 Å². The molecule has 1 heterocycles. The molecule has 1 saturated carbocycles. The summed E-state index contributed by atoms with van der Waals surface area (Å²) < 4.78 is 4.87. The molecule has 2 N–H and O–H groups in total. The lowest BCUT2D eigenvalue weighted by Crippen LogP contribution is -2.57. The van der Waals surface area contributed by atoms with Crippen LogP contribution in [0.2, 0.25) is 0 Å². The van der Waals surface area contributed by atoms with Crippen molar-refractivity contribution in [2.24, 2.45) is 5.41 Å². The van der Waals surface area contributed by atoms with Crippen LogP contribution >= 0.6 is 0 Å². The quantitative estimate of drug-likeness (QED) is 0.618. The molecule has 1 aromatic rings. The third-order valence-corrected chi connectivity index (χ3v) is 3.69. The van der Waals surface area contributed by atoms with Crippen molar-refractivity contribution in [1.82, 2.24) is 9.97 Å². The van der Waals surface area contributed by atoms with Crippen LogP contribution in [-0.2, 0) is 0 Å². The molecule has 19 heavy (non-hydrogen) atoms. The summed E-state index contributed by atoms with van der Waals surface area (Å²) in [6, 6.07) is -0.0826. The summed E-state index contributed by atoms with van der Waals surface area (Å²) in [6.07, 6.45) is 1.31. The van der Waals surface area contributed by atoms with Gasteiger partial charge in [0.2, 0.25) is 5.82 Å². The van der Waals surface area contributed by atoms with Crippen LogP contribution in [0.15, 0.2) is 6.33 Å². The Labute approximate surface area is 110 Å². The zero-order chi connectivity index (χ0) is 14.2. The van der Waals surface area contributed by atoms with E-state index in [2.05, 4.69) is 15.3 Å². The number of anilines is 1. The average Bonchev–Trinajstić information content (AvgIpc) is 2.37. The molecule has 0 spiro atoms. The third-order valence-electron chi connectivity index (χ3n) is 3.69. The SMILES string of the molecule is COc1ncnc(NC2CC(O)C2(C)C)c1[N+](=O)[O-]. The number of aromatic nitrogens is 2. The number of rotatable bonds is 4. The molecule has 2 unspecified atom stereocenters. The number of aliphatic hydroxyl groups is 1. The minimum Gasteiger partial charge on any atom is -0.476 e. The van der Waals surface area contributed by atoms with E-state index in [0.29, 0.717) is 6.42 Å². The van der Waals surface area contributed by atoms with Gasteiger partial charge >= 0.3 is 5.69 Å². The maximum absolute atomic E-state index is 11.1. The number of ether oxygens (including phenoxy) is 1. The van der Waals surface area contributed by atoms with Gasteiger partial charge in [0.15, 0.2) is 0 Å². The number of nitro groups is 1. The van der Waals surface area contributed by atoms with Crippen molar-refractivity contribution in [3.8, 4) is 5.88 Å². The van der Waals surface area contributed by atoms with Crippen LogP contribution in [0.1, 0.15) is 20.3 Å². The topological polar surface area (TPSA) is 110 Å². The van der Waals surface area contributed by atoms with E-state index in [4.69, 9.17) is 4.74 Å². The van der Waals surface area contributed by atoms with Gasteiger partial charge in [-0.2, -0.15) is 4.98 Å². The lowest BCUT2D eigenvalue weighted by atomic mass is 9.64. The largest absolute Gasteiger partial charge is 0.476 e. The fraction of sp³-hybridized carbons (Fsp3) is 0.636. The summed E-state index contributed by atoms with van der Waals surface area (Å²) in [5.74, 6) is 0.0296. The number of hydrogen-bond donors (Lipinski definition) is 2. The molecule has 2 rings (SSSR count). The van der Waals surface area contributed by atoms with Crippen LogP contribution in [0.3, 0.4) is 0 Å². The number of hydrogen-bond acceptors (Lipinski definition) is 7. The van der Waals surface area contributed by atoms with Gasteiger partial charge in [-0.15, -0.1) is 0 Å². The Morgan fingerprint density at radius 1 is 1.58 bits per heavy atom. The molecule has 8 nitrogen and oxygen atoms in total. The monoisotopic (exact) mass is 268 g/mol. The van der Waals surface area contributed by atoms with Gasteiger partial charge in [0, 0.05) is 11.5 Å². The molecule has 0 aliphatic heterocycles. The van der Waals surface area contributed by atoms with Crippen LogP contribution < -0.4 is 10.1 Å². The van der Waals surface area contributed by atoms with E-state index in [1.54, 1.807) is 0 Å². The molecule has 0 saturated heterocycles. The molecule has 0 bridgehead atoms. The van der Waals surface area contributed by atoms with Crippen LogP contribution in [0, 0.1) is 15.5 Å². The van der Waals surface area contributed by atoms with E-state index >= 15 is 0 Å². The molecule has 0 radical (unpaired) electrons. The molecule has 1 aromatic heterocycles. The Bertz CT molecular complexity index is 505. The number of nitrogens with zero attached hydrogens (tertiary/aromatic N) is 3. The van der Waals surface area contributed by atoms with Gasteiger partial charge in [-0.3, -0.25) is 10.1 Å². The Hall–Kier alpha value is -1.96. The molecule has 1 aliphatic carbocycles. The Kier molecular flexibility index (Phi) is 3.27. The van der Waals surface area contributed by atoms with Crippen molar-refractivity contribution >= 4 is 11.5 Å². The Morgan fingerprint density at radius 2 is 2.26 bits per heavy atom. The standard InChI is InChI=1S/C11H16N4O4/c1-11(2)6(4-7(11)16)14-9-8(15(17)18)10(19-3)13-5-12-9/h5-7,16H,4H2,1-3H3,(H,12,13,14). The van der Waals surface area contributed by atoms with Crippen LogP contribution in [-0.4, -0.2) is 39.3 Å². The van der Waals surface area contributed by atoms with Gasteiger partial charge in [-0.25, -0.2) is 4.98 Å². The van der Waals surface area contributed by atoms with Gasteiger partial charge in [0.05, 0.1) is 18.1 Å². The highest BCUT2D eigenvalue weighted by Crippen LogP contribution is 2.43. The summed E-state index contributed by atoms with van der Waals surface area (Å²) in [5, 5.41) is 23.7. The first-order chi connectivity index (χ1) is 8.87. The zero-order valence-corrected chi connectivity index (χ0v) is 11.0. The maximum atomic E-state index is 11.1. The highest BCUT2D eigenvalue weighted by molar-refractivity contribution is 5.61. The highest BCUT2D eigenvalue weighted by Gasteiger charge is 2.48. The first-order valence-electron chi connectivity index (χ1n) is 5.86. The summed E-state index contributed by atoms with van der Waals surface area (Å²) >= 11 is 0. The van der Waals surface area contributed by atoms with Gasteiger partial charge < -0.3 is 15.2 Å². The van der Waals surface area contributed by atoms with E-state index in [1.807, 2.05) is 13.8 Å². The van der Waals surface area contributed by atoms with Crippen LogP contribution in [0.5, 0.6) is 5.88 Å². The summed E-state index contributed by atoms with van der Waals surface area (Å²) in [5.41, 5.74) is -0.645. The van der Waals surface area contributed by atoms with Crippen molar-refractivity contribution in [2.75, 3.05) is 12.4 Å². The van der Waals surface area contributed by atoms with Crippen LogP contribution in [0.25, 0.3) is 0 Å². The molecule has 1 aliphatic rings. The number of methoxy groups -OCH3 is 1. The summed E-state index contributed by atoms with van der Waals surface area (Å²) in [6.45, 7) is 3.78. The van der Waals surface area contributed by atoms with Crippen molar-refractivity contribution in [1.29, 1.82) is 0 Å². The molecule has 1 fully saturated rings. The molecular weight excluding hydrogens is 252 g/mol. The van der Waals surface area contributed by atoms with E-state index in [1.165, 1.54) is 13.4 Å². The average molecular weight is 268 g/mol. The van der Waals surface area contributed by atoms with Crippen molar-refractivity contribution in [3.05, 3.63) is 16.4 Å². The zero-order valence-electron chi connectivity index (χ0n) is 11.0. The Morgan fingerprint density at radius 3 is 2.74 bits per heavy atom. The fourth-order valence-corrected chi connectivity index (χ4v) is 2.09. The second-order valence-corrected chi connectivity index (χ2v) is 5.11. The van der Waals surface area contributed by atoms with Crippen molar-refractivity contribution in [3.63, 3.8) is 0 Å². The molecular formula is C11H16N4O4. The number of nitrogens with one attached hydrogen (secondary N) is 1. The van der Waals surface area contributed by atoms with E-state index < -0.39 is 11.0 Å². The number of aliphatic hydroxyl groups excluding tert-OH is 1. The van der Waals surface area contributed by atoms with E-state index in [-0.39, 0.29) is 28.8 Å². The molecule has 104 valence electrons. The van der Waals surface area contributed by atoms with E-state index in [9.17, 15) is 15.2 Å². The van der Waals surface area contributed by atoms with Gasteiger partial charge in [-0.1, -0.05) is 13.8 Å². The predicted molar refractivity (Wildman–Crippen MR) is 67.1 cm³/mol. The minimum absolute atomic E-state index is 0.0826.